The normalized spacial score (nSPS) is 17.7. The maximum Gasteiger partial charge on any atom is 0.258 e. The zero-order valence-electron chi connectivity index (χ0n) is 17.6. The fraction of sp³-hybridized carbons (Fsp3) is 0.192. The second-order valence-electron chi connectivity index (χ2n) is 8.39. The van der Waals surface area contributed by atoms with Crippen LogP contribution >= 0.6 is 0 Å². The number of hydrogen-bond donors (Lipinski definition) is 1. The Hall–Kier alpha value is -3.93. The monoisotopic (exact) mass is 421 g/mol. The minimum absolute atomic E-state index is 0.0831. The maximum absolute atomic E-state index is 13.5. The van der Waals surface area contributed by atoms with Crippen LogP contribution in [0.25, 0.3) is 11.3 Å². The third kappa shape index (κ3) is 3.34. The molecule has 2 aromatic heterocycles. The predicted molar refractivity (Wildman–Crippen MR) is 123 cm³/mol. The van der Waals surface area contributed by atoms with Gasteiger partial charge in [0.25, 0.3) is 5.91 Å². The molecule has 1 N–H and O–H groups in total. The fourth-order valence-corrected chi connectivity index (χ4v) is 4.44. The Morgan fingerprint density at radius 2 is 1.78 bits per heavy atom. The first-order chi connectivity index (χ1) is 15.8. The standard InChI is InChI=1S/C26H23N5O/c32-26-21-10-4-5-11-23(21)28-25(31(26)20-12-13-20)22-17-30(16-18-7-2-1-3-8-18)29-24(22)19-9-6-14-27-15-19/h1-11,14-15,17,20,25,28H,12-13,16H2. The third-order valence-corrected chi connectivity index (χ3v) is 6.11. The van der Waals surface area contributed by atoms with Gasteiger partial charge in [-0.2, -0.15) is 5.10 Å². The van der Waals surface area contributed by atoms with Gasteiger partial charge in [-0.1, -0.05) is 42.5 Å². The van der Waals surface area contributed by atoms with E-state index in [0.29, 0.717) is 6.54 Å². The Morgan fingerprint density at radius 1 is 0.969 bits per heavy atom. The second-order valence-corrected chi connectivity index (χ2v) is 8.39. The molecule has 0 saturated heterocycles. The zero-order chi connectivity index (χ0) is 21.5. The van der Waals surface area contributed by atoms with Crippen molar-refractivity contribution < 1.29 is 4.79 Å². The molecule has 6 rings (SSSR count). The Labute approximate surface area is 186 Å². The summed E-state index contributed by atoms with van der Waals surface area (Å²) >= 11 is 0. The Bertz CT molecular complexity index is 1260. The quantitative estimate of drug-likeness (QED) is 0.506. The number of aromatic nitrogens is 3. The van der Waals surface area contributed by atoms with Crippen molar-refractivity contribution in [3.63, 3.8) is 0 Å². The van der Waals surface area contributed by atoms with Gasteiger partial charge in [0.1, 0.15) is 11.9 Å². The van der Waals surface area contributed by atoms with Crippen molar-refractivity contribution in [3.8, 4) is 11.3 Å². The number of anilines is 1. The Morgan fingerprint density at radius 3 is 2.56 bits per heavy atom. The summed E-state index contributed by atoms with van der Waals surface area (Å²) in [7, 11) is 0. The SMILES string of the molecule is O=C1c2ccccc2NC(c2cn(Cc3ccccc3)nc2-c2cccnc2)N1C1CC1. The molecule has 3 heterocycles. The van der Waals surface area contributed by atoms with Gasteiger partial charge in [-0.25, -0.2) is 0 Å². The molecular formula is C26H23N5O. The van der Waals surface area contributed by atoms with Crippen molar-refractivity contribution in [2.24, 2.45) is 0 Å². The maximum atomic E-state index is 13.5. The lowest BCUT2D eigenvalue weighted by molar-refractivity contribution is 0.0667. The molecule has 6 nitrogen and oxygen atoms in total. The number of nitrogens with zero attached hydrogens (tertiary/aromatic N) is 4. The van der Waals surface area contributed by atoms with Crippen molar-refractivity contribution in [1.29, 1.82) is 0 Å². The van der Waals surface area contributed by atoms with Crippen LogP contribution in [0.4, 0.5) is 5.69 Å². The van der Waals surface area contributed by atoms with E-state index in [9.17, 15) is 4.79 Å². The molecule has 1 amide bonds. The number of carbonyl (C=O) groups is 1. The molecule has 4 aromatic rings. The topological polar surface area (TPSA) is 63.1 Å². The first-order valence-electron chi connectivity index (χ1n) is 11.0. The van der Waals surface area contributed by atoms with Crippen LogP contribution in [0.2, 0.25) is 0 Å². The van der Waals surface area contributed by atoms with E-state index in [-0.39, 0.29) is 18.1 Å². The molecule has 32 heavy (non-hydrogen) atoms. The molecule has 2 aromatic carbocycles. The number of nitrogens with one attached hydrogen (secondary N) is 1. The zero-order valence-corrected chi connectivity index (χ0v) is 17.6. The van der Waals surface area contributed by atoms with E-state index in [4.69, 9.17) is 5.10 Å². The van der Waals surface area contributed by atoms with E-state index in [1.165, 1.54) is 5.56 Å². The molecular weight excluding hydrogens is 398 g/mol. The Balaban J connectivity index is 1.47. The highest BCUT2D eigenvalue weighted by atomic mass is 16.2. The summed E-state index contributed by atoms with van der Waals surface area (Å²) in [6, 6.07) is 22.2. The van der Waals surface area contributed by atoms with Gasteiger partial charge in [0.15, 0.2) is 0 Å². The van der Waals surface area contributed by atoms with Gasteiger partial charge in [0, 0.05) is 41.4 Å². The van der Waals surface area contributed by atoms with Crippen LogP contribution in [-0.4, -0.2) is 31.6 Å². The number of hydrogen-bond acceptors (Lipinski definition) is 4. The van der Waals surface area contributed by atoms with Crippen LogP contribution in [-0.2, 0) is 6.54 Å². The predicted octanol–water partition coefficient (Wildman–Crippen LogP) is 4.72. The molecule has 0 radical (unpaired) electrons. The van der Waals surface area contributed by atoms with Gasteiger partial charge < -0.3 is 10.2 Å². The highest BCUT2D eigenvalue weighted by Gasteiger charge is 2.43. The Kier molecular flexibility index (Phi) is 4.49. The average Bonchev–Trinajstić information content (AvgIpc) is 3.59. The molecule has 1 aliphatic heterocycles. The highest BCUT2D eigenvalue weighted by Crippen LogP contribution is 2.42. The van der Waals surface area contributed by atoms with Crippen molar-refractivity contribution in [2.75, 3.05) is 5.32 Å². The third-order valence-electron chi connectivity index (χ3n) is 6.11. The number of para-hydroxylation sites is 1. The molecule has 1 aliphatic carbocycles. The molecule has 0 spiro atoms. The van der Waals surface area contributed by atoms with E-state index in [0.717, 1.165) is 40.9 Å². The van der Waals surface area contributed by atoms with Gasteiger partial charge in [0.05, 0.1) is 12.1 Å². The molecule has 2 aliphatic rings. The number of fused-ring (bicyclic) bond motifs is 1. The van der Waals surface area contributed by atoms with Gasteiger partial charge >= 0.3 is 0 Å². The lowest BCUT2D eigenvalue weighted by Gasteiger charge is -2.38. The minimum Gasteiger partial charge on any atom is -0.361 e. The number of carbonyl (C=O) groups excluding carboxylic acids is 1. The summed E-state index contributed by atoms with van der Waals surface area (Å²) in [5.74, 6) is 0.0831. The average molecular weight is 422 g/mol. The first-order valence-corrected chi connectivity index (χ1v) is 11.0. The summed E-state index contributed by atoms with van der Waals surface area (Å²) in [5, 5.41) is 8.58. The minimum atomic E-state index is -0.273. The summed E-state index contributed by atoms with van der Waals surface area (Å²) < 4.78 is 1.96. The summed E-state index contributed by atoms with van der Waals surface area (Å²) in [4.78, 5) is 19.8. The van der Waals surface area contributed by atoms with Gasteiger partial charge in [-0.05, 0) is 42.7 Å². The number of benzene rings is 2. The van der Waals surface area contributed by atoms with Crippen LogP contribution in [0.5, 0.6) is 0 Å². The molecule has 6 heteroatoms. The van der Waals surface area contributed by atoms with Crippen molar-refractivity contribution in [2.45, 2.75) is 31.6 Å². The lowest BCUT2D eigenvalue weighted by Crippen LogP contribution is -2.44. The summed E-state index contributed by atoms with van der Waals surface area (Å²) in [6.07, 6.45) is 7.46. The van der Waals surface area contributed by atoms with Crippen molar-refractivity contribution >= 4 is 11.6 Å². The van der Waals surface area contributed by atoms with E-state index in [1.54, 1.807) is 6.20 Å². The van der Waals surface area contributed by atoms with E-state index in [2.05, 4.69) is 28.6 Å². The first kappa shape index (κ1) is 18.8. The molecule has 1 saturated carbocycles. The summed E-state index contributed by atoms with van der Waals surface area (Å²) in [5.41, 5.74) is 5.56. The smallest absolute Gasteiger partial charge is 0.258 e. The van der Waals surface area contributed by atoms with E-state index < -0.39 is 0 Å². The van der Waals surface area contributed by atoms with Crippen LogP contribution in [0.3, 0.4) is 0 Å². The van der Waals surface area contributed by atoms with Gasteiger partial charge in [0.2, 0.25) is 0 Å². The number of pyridine rings is 1. The van der Waals surface area contributed by atoms with E-state index in [1.807, 2.05) is 70.4 Å². The summed E-state index contributed by atoms with van der Waals surface area (Å²) in [6.45, 7) is 0.661. The van der Waals surface area contributed by atoms with Gasteiger partial charge in [-0.15, -0.1) is 0 Å². The molecule has 0 bridgehead atoms. The van der Waals surface area contributed by atoms with Crippen LogP contribution in [0, 0.1) is 0 Å². The van der Waals surface area contributed by atoms with Crippen LogP contribution in [0.1, 0.15) is 40.5 Å². The molecule has 158 valence electrons. The largest absolute Gasteiger partial charge is 0.361 e. The van der Waals surface area contributed by atoms with Crippen molar-refractivity contribution in [1.82, 2.24) is 19.7 Å². The lowest BCUT2D eigenvalue weighted by atomic mass is 10.0. The molecule has 1 fully saturated rings. The fourth-order valence-electron chi connectivity index (χ4n) is 4.44. The van der Waals surface area contributed by atoms with E-state index >= 15 is 0 Å². The van der Waals surface area contributed by atoms with Crippen LogP contribution < -0.4 is 5.32 Å². The van der Waals surface area contributed by atoms with Crippen LogP contribution in [0.15, 0.2) is 85.3 Å². The van der Waals surface area contributed by atoms with Gasteiger partial charge in [-0.3, -0.25) is 14.5 Å². The molecule has 1 atom stereocenters. The molecule has 1 unspecified atom stereocenters. The second kappa shape index (κ2) is 7.64. The number of rotatable bonds is 5. The highest BCUT2D eigenvalue weighted by molar-refractivity contribution is 6.02. The van der Waals surface area contributed by atoms with Crippen molar-refractivity contribution in [3.05, 3.63) is 102 Å². The number of amides is 1.